The smallest absolute Gasteiger partial charge is 0.0798 e. The molecule has 0 aliphatic heterocycles. The molecule has 0 radical (unpaired) electrons. The molecule has 1 aliphatic carbocycles. The summed E-state index contributed by atoms with van der Waals surface area (Å²) in [4.78, 5) is 8.00. The fourth-order valence-electron chi connectivity index (χ4n) is 2.13. The van der Waals surface area contributed by atoms with E-state index >= 15 is 0 Å². The van der Waals surface area contributed by atoms with Crippen molar-refractivity contribution in [2.75, 3.05) is 13.6 Å². The second-order valence-electron chi connectivity index (χ2n) is 4.60. The second-order valence-corrected chi connectivity index (χ2v) is 5.54. The van der Waals surface area contributed by atoms with Gasteiger partial charge in [0.15, 0.2) is 0 Å². The van der Waals surface area contributed by atoms with Crippen LogP contribution in [0.2, 0.25) is 0 Å². The van der Waals surface area contributed by atoms with Gasteiger partial charge in [0.2, 0.25) is 0 Å². The lowest BCUT2D eigenvalue weighted by molar-refractivity contribution is 0.290. The van der Waals surface area contributed by atoms with Gasteiger partial charge >= 0.3 is 0 Å². The number of aromatic nitrogens is 1. The third-order valence-electron chi connectivity index (χ3n) is 3.01. The van der Waals surface area contributed by atoms with E-state index in [1.54, 1.807) is 11.3 Å². The van der Waals surface area contributed by atoms with Crippen molar-refractivity contribution < 1.29 is 0 Å². The van der Waals surface area contributed by atoms with Crippen molar-refractivity contribution in [2.24, 2.45) is 11.7 Å². The molecule has 0 saturated carbocycles. The molecule has 1 aromatic rings. The molecule has 2 rings (SSSR count). The van der Waals surface area contributed by atoms with Crippen LogP contribution in [0.1, 0.15) is 17.0 Å². The first-order chi connectivity index (χ1) is 7.65. The van der Waals surface area contributed by atoms with E-state index in [0.29, 0.717) is 5.92 Å². The average Bonchev–Trinajstić information content (AvgIpc) is 2.77. The lowest BCUT2D eigenvalue weighted by Gasteiger charge is -2.19. The summed E-state index contributed by atoms with van der Waals surface area (Å²) in [5, 5.41) is 0. The highest BCUT2D eigenvalue weighted by molar-refractivity contribution is 7.09. The standard InChI is InChI=1S/C12H19N3S/c1-9-12(16-8-14-9)7-15(2)6-10-3-4-11(13)5-10/h3-4,8,10-11H,5-7,13H2,1-2H3. The molecule has 0 bridgehead atoms. The van der Waals surface area contributed by atoms with Crippen molar-refractivity contribution in [2.45, 2.75) is 25.9 Å². The van der Waals surface area contributed by atoms with E-state index in [1.807, 2.05) is 5.51 Å². The predicted octanol–water partition coefficient (Wildman–Crippen LogP) is 1.79. The van der Waals surface area contributed by atoms with Gasteiger partial charge in [0.1, 0.15) is 0 Å². The highest BCUT2D eigenvalue weighted by atomic mass is 32.1. The first kappa shape index (κ1) is 11.8. The van der Waals surface area contributed by atoms with Gasteiger partial charge in [0, 0.05) is 24.0 Å². The third kappa shape index (κ3) is 2.90. The number of aryl methyl sites for hydroxylation is 1. The Morgan fingerprint density at radius 2 is 2.38 bits per heavy atom. The van der Waals surface area contributed by atoms with Crippen molar-refractivity contribution >= 4 is 11.3 Å². The lowest BCUT2D eigenvalue weighted by atomic mass is 10.1. The number of hydrogen-bond donors (Lipinski definition) is 1. The Morgan fingerprint density at radius 3 is 2.94 bits per heavy atom. The Hall–Kier alpha value is -0.710. The summed E-state index contributed by atoms with van der Waals surface area (Å²) in [6, 6.07) is 0.267. The van der Waals surface area contributed by atoms with Crippen LogP contribution in [0.4, 0.5) is 0 Å². The maximum Gasteiger partial charge on any atom is 0.0798 e. The first-order valence-electron chi connectivity index (χ1n) is 5.66. The van der Waals surface area contributed by atoms with E-state index < -0.39 is 0 Å². The van der Waals surface area contributed by atoms with Gasteiger partial charge in [-0.3, -0.25) is 0 Å². The summed E-state index contributed by atoms with van der Waals surface area (Å²) in [6.45, 7) is 4.16. The van der Waals surface area contributed by atoms with Gasteiger partial charge in [-0.05, 0) is 26.3 Å². The molecule has 2 N–H and O–H groups in total. The van der Waals surface area contributed by atoms with Crippen LogP contribution in [0.15, 0.2) is 17.7 Å². The summed E-state index contributed by atoms with van der Waals surface area (Å²) >= 11 is 1.74. The molecule has 0 spiro atoms. The average molecular weight is 237 g/mol. The fraction of sp³-hybridized carbons (Fsp3) is 0.583. The van der Waals surface area contributed by atoms with E-state index in [9.17, 15) is 0 Å². The van der Waals surface area contributed by atoms with Crippen molar-refractivity contribution in [3.8, 4) is 0 Å². The Morgan fingerprint density at radius 1 is 1.56 bits per heavy atom. The van der Waals surface area contributed by atoms with Crippen molar-refractivity contribution in [3.63, 3.8) is 0 Å². The summed E-state index contributed by atoms with van der Waals surface area (Å²) in [5.41, 5.74) is 8.93. The van der Waals surface area contributed by atoms with Crippen LogP contribution in [-0.4, -0.2) is 29.5 Å². The Kier molecular flexibility index (Phi) is 3.74. The number of rotatable bonds is 4. The molecule has 16 heavy (non-hydrogen) atoms. The minimum absolute atomic E-state index is 0.267. The van der Waals surface area contributed by atoms with E-state index in [1.165, 1.54) is 4.88 Å². The van der Waals surface area contributed by atoms with Crippen LogP contribution in [0, 0.1) is 12.8 Å². The number of hydrogen-bond acceptors (Lipinski definition) is 4. The SMILES string of the molecule is Cc1ncsc1CN(C)CC1C=CC(N)C1. The summed E-state index contributed by atoms with van der Waals surface area (Å²) in [6.07, 6.45) is 5.46. The number of nitrogens with two attached hydrogens (primary N) is 1. The first-order valence-corrected chi connectivity index (χ1v) is 6.54. The molecule has 0 fully saturated rings. The highest BCUT2D eigenvalue weighted by Gasteiger charge is 2.17. The monoisotopic (exact) mass is 237 g/mol. The van der Waals surface area contributed by atoms with Crippen LogP contribution >= 0.6 is 11.3 Å². The highest BCUT2D eigenvalue weighted by Crippen LogP contribution is 2.19. The van der Waals surface area contributed by atoms with Gasteiger partial charge in [0.05, 0.1) is 11.2 Å². The number of nitrogens with zero attached hydrogens (tertiary/aromatic N) is 2. The van der Waals surface area contributed by atoms with Crippen LogP contribution in [0.5, 0.6) is 0 Å². The van der Waals surface area contributed by atoms with E-state index in [0.717, 1.165) is 25.2 Å². The van der Waals surface area contributed by atoms with Gasteiger partial charge in [0.25, 0.3) is 0 Å². The van der Waals surface area contributed by atoms with Crippen LogP contribution < -0.4 is 5.73 Å². The third-order valence-corrected chi connectivity index (χ3v) is 3.93. The lowest BCUT2D eigenvalue weighted by Crippen LogP contribution is -2.25. The molecule has 0 aromatic carbocycles. The molecule has 0 saturated heterocycles. The van der Waals surface area contributed by atoms with Crippen LogP contribution in [-0.2, 0) is 6.54 Å². The van der Waals surface area contributed by atoms with E-state index in [-0.39, 0.29) is 6.04 Å². The summed E-state index contributed by atoms with van der Waals surface area (Å²) in [7, 11) is 2.16. The Balaban J connectivity index is 1.83. The summed E-state index contributed by atoms with van der Waals surface area (Å²) < 4.78 is 0. The zero-order chi connectivity index (χ0) is 11.5. The molecule has 4 heteroatoms. The normalized spacial score (nSPS) is 24.5. The molecule has 1 aromatic heterocycles. The largest absolute Gasteiger partial charge is 0.324 e. The van der Waals surface area contributed by atoms with Gasteiger partial charge in [-0.25, -0.2) is 4.98 Å². The van der Waals surface area contributed by atoms with Crippen LogP contribution in [0.25, 0.3) is 0 Å². The summed E-state index contributed by atoms with van der Waals surface area (Å²) in [5.74, 6) is 0.619. The van der Waals surface area contributed by atoms with Gasteiger partial charge in [-0.2, -0.15) is 0 Å². The molecule has 0 amide bonds. The fourth-order valence-corrected chi connectivity index (χ4v) is 2.99. The van der Waals surface area contributed by atoms with E-state index in [2.05, 4.69) is 36.0 Å². The molecule has 3 nitrogen and oxygen atoms in total. The second kappa shape index (κ2) is 5.08. The quantitative estimate of drug-likeness (QED) is 0.812. The van der Waals surface area contributed by atoms with Crippen LogP contribution in [0.3, 0.4) is 0 Å². The van der Waals surface area contributed by atoms with Crippen molar-refractivity contribution in [1.29, 1.82) is 0 Å². The molecule has 2 atom stereocenters. The molecule has 1 aliphatic rings. The Labute approximate surface area is 101 Å². The van der Waals surface area contributed by atoms with Crippen molar-refractivity contribution in [1.82, 2.24) is 9.88 Å². The predicted molar refractivity (Wildman–Crippen MR) is 68.4 cm³/mol. The van der Waals surface area contributed by atoms with Gasteiger partial charge < -0.3 is 10.6 Å². The number of thiazole rings is 1. The molecular weight excluding hydrogens is 218 g/mol. The maximum absolute atomic E-state index is 5.85. The van der Waals surface area contributed by atoms with Gasteiger partial charge in [-0.15, -0.1) is 11.3 Å². The molecular formula is C12H19N3S. The van der Waals surface area contributed by atoms with Crippen molar-refractivity contribution in [3.05, 3.63) is 28.2 Å². The topological polar surface area (TPSA) is 42.2 Å². The molecule has 1 heterocycles. The molecule has 88 valence electrons. The minimum atomic E-state index is 0.267. The minimum Gasteiger partial charge on any atom is -0.324 e. The van der Waals surface area contributed by atoms with E-state index in [4.69, 9.17) is 5.73 Å². The zero-order valence-corrected chi connectivity index (χ0v) is 10.7. The van der Waals surface area contributed by atoms with Gasteiger partial charge in [-0.1, -0.05) is 12.2 Å². The maximum atomic E-state index is 5.85. The zero-order valence-electron chi connectivity index (χ0n) is 9.89. The Bertz CT molecular complexity index is 372. The molecule has 2 unspecified atom stereocenters.